The van der Waals surface area contributed by atoms with Gasteiger partial charge in [0, 0.05) is 37.0 Å². The minimum absolute atomic E-state index is 0.0670. The number of unbranched alkanes of at least 4 members (excludes halogenated alkanes) is 1. The number of benzene rings is 1. The Bertz CT molecular complexity index is 1170. The predicted molar refractivity (Wildman–Crippen MR) is 143 cm³/mol. The molecule has 1 aromatic carbocycles. The van der Waals surface area contributed by atoms with Crippen molar-refractivity contribution in [3.05, 3.63) is 47.4 Å². The molecule has 2 aromatic rings. The largest absolute Gasteiger partial charge is 0.550 e. The Hall–Kier alpha value is -2.93. The van der Waals surface area contributed by atoms with Crippen molar-refractivity contribution < 1.29 is 38.7 Å². The topological polar surface area (TPSA) is 171 Å². The first kappa shape index (κ1) is 33.1. The highest BCUT2D eigenvalue weighted by molar-refractivity contribution is 7.92. The lowest BCUT2D eigenvalue weighted by atomic mass is 9.97. The molecule has 2 rings (SSSR count). The lowest BCUT2D eigenvalue weighted by molar-refractivity contribution is -0.368. The second kappa shape index (κ2) is 15.5. The molecule has 0 spiro atoms. The number of aliphatic hydroxyl groups is 2. The number of quaternary nitrogens is 1. The van der Waals surface area contributed by atoms with E-state index in [0.29, 0.717) is 22.5 Å². The number of sulfonamides is 1. The number of aliphatic carboxylic acids is 1. The summed E-state index contributed by atoms with van der Waals surface area (Å²) < 4.78 is 38.6. The highest BCUT2D eigenvalue weighted by Crippen LogP contribution is 2.31. The fourth-order valence-corrected chi connectivity index (χ4v) is 3.66. The Labute approximate surface area is 224 Å². The van der Waals surface area contributed by atoms with E-state index in [-0.39, 0.29) is 18.3 Å². The number of anilines is 1. The van der Waals surface area contributed by atoms with Gasteiger partial charge in [0.05, 0.1) is 36.4 Å². The zero-order valence-corrected chi connectivity index (χ0v) is 23.4. The van der Waals surface area contributed by atoms with Crippen LogP contribution in [-0.4, -0.2) is 66.6 Å². The van der Waals surface area contributed by atoms with Crippen LogP contribution in [0.3, 0.4) is 0 Å². The maximum absolute atomic E-state index is 13.5. The first-order valence-electron chi connectivity index (χ1n) is 12.4. The molecular formula is C26H39FN4O6S. The van der Waals surface area contributed by atoms with Crippen molar-refractivity contribution in [1.29, 1.82) is 0 Å². The van der Waals surface area contributed by atoms with Gasteiger partial charge in [0.15, 0.2) is 0 Å². The van der Waals surface area contributed by atoms with Crippen molar-refractivity contribution in [1.82, 2.24) is 9.97 Å². The zero-order valence-electron chi connectivity index (χ0n) is 22.6. The maximum Gasteiger partial charge on any atom is 0.239 e. The Balaban J connectivity index is 0.00000132. The molecule has 0 radical (unpaired) electrons. The number of carbonyl (C=O) groups is 1. The second-order valence-electron chi connectivity index (χ2n) is 9.16. The third-order valence-corrected chi connectivity index (χ3v) is 6.57. The van der Waals surface area contributed by atoms with E-state index in [0.717, 1.165) is 17.1 Å². The molecular weight excluding hydrogens is 515 g/mol. The zero-order chi connectivity index (χ0) is 29.0. The summed E-state index contributed by atoms with van der Waals surface area (Å²) in [5.74, 6) is -2.14. The van der Waals surface area contributed by atoms with Crippen LogP contribution in [0.2, 0.25) is 0 Å². The Morgan fingerprint density at radius 3 is 2.26 bits per heavy atom. The number of aromatic nitrogens is 2. The summed E-state index contributed by atoms with van der Waals surface area (Å²) >= 11 is 0. The molecule has 0 fully saturated rings. The van der Waals surface area contributed by atoms with Crippen LogP contribution in [-0.2, 0) is 14.8 Å². The number of hydrogen-bond acceptors (Lipinski definition) is 8. The number of rotatable bonds is 12. The third-order valence-electron chi connectivity index (χ3n) is 5.41. The van der Waals surface area contributed by atoms with Gasteiger partial charge >= 0.3 is 0 Å². The van der Waals surface area contributed by atoms with Crippen LogP contribution < -0.4 is 15.1 Å². The minimum Gasteiger partial charge on any atom is -0.550 e. The van der Waals surface area contributed by atoms with Gasteiger partial charge in [-0.25, -0.2) is 27.1 Å². The molecule has 2 atom stereocenters. The van der Waals surface area contributed by atoms with Crippen molar-refractivity contribution >= 4 is 28.0 Å². The molecule has 38 heavy (non-hydrogen) atoms. The lowest BCUT2D eigenvalue weighted by Gasteiger charge is -2.20. The van der Waals surface area contributed by atoms with E-state index in [4.69, 9.17) is 0 Å². The van der Waals surface area contributed by atoms with E-state index in [2.05, 4.69) is 22.6 Å². The SMILES string of the molecule is CC(C)c1nc(N(C)S(C)(=O)=O)nc(-c2ccc(F)cc2)c1/C=C/[C@@H](O)C[C@@H](O)CC(=O)[O-].CCCC[NH3+]. The third kappa shape index (κ3) is 10.8. The van der Waals surface area contributed by atoms with Gasteiger partial charge in [-0.05, 0) is 36.6 Å². The minimum atomic E-state index is -3.66. The van der Waals surface area contributed by atoms with Gasteiger partial charge in [0.2, 0.25) is 16.0 Å². The fraction of sp³-hybridized carbons (Fsp3) is 0.500. The van der Waals surface area contributed by atoms with Gasteiger partial charge in [-0.2, -0.15) is 0 Å². The van der Waals surface area contributed by atoms with Crippen LogP contribution in [0.5, 0.6) is 0 Å². The van der Waals surface area contributed by atoms with Gasteiger partial charge in [-0.1, -0.05) is 39.3 Å². The van der Waals surface area contributed by atoms with Crippen molar-refractivity contribution in [3.63, 3.8) is 0 Å². The van der Waals surface area contributed by atoms with Gasteiger partial charge < -0.3 is 25.8 Å². The van der Waals surface area contributed by atoms with Gasteiger partial charge in [-0.15, -0.1) is 0 Å². The van der Waals surface area contributed by atoms with Crippen molar-refractivity contribution in [2.45, 2.75) is 64.6 Å². The molecule has 0 amide bonds. The van der Waals surface area contributed by atoms with Crippen LogP contribution in [0.4, 0.5) is 10.3 Å². The van der Waals surface area contributed by atoms with Crippen molar-refractivity contribution in [2.75, 3.05) is 24.2 Å². The molecule has 212 valence electrons. The normalized spacial score (nSPS) is 13.2. The molecule has 10 nitrogen and oxygen atoms in total. The Morgan fingerprint density at radius 1 is 1.21 bits per heavy atom. The summed E-state index contributed by atoms with van der Waals surface area (Å²) in [4.78, 5) is 19.4. The van der Waals surface area contributed by atoms with E-state index in [9.17, 15) is 32.9 Å². The number of carboxylic acid groups (broad SMARTS) is 1. The monoisotopic (exact) mass is 554 g/mol. The number of carboxylic acids is 1. The summed E-state index contributed by atoms with van der Waals surface area (Å²) in [6.45, 7) is 6.96. The summed E-state index contributed by atoms with van der Waals surface area (Å²) in [6, 6.07) is 5.46. The molecule has 0 bridgehead atoms. The first-order valence-corrected chi connectivity index (χ1v) is 14.2. The average molecular weight is 555 g/mol. The highest BCUT2D eigenvalue weighted by Gasteiger charge is 2.22. The molecule has 1 heterocycles. The Kier molecular flexibility index (Phi) is 13.5. The number of aliphatic hydroxyl groups excluding tert-OH is 2. The molecule has 12 heteroatoms. The van der Waals surface area contributed by atoms with Gasteiger partial charge in [-0.3, -0.25) is 0 Å². The fourth-order valence-electron chi connectivity index (χ4n) is 3.29. The first-order chi connectivity index (χ1) is 17.7. The van der Waals surface area contributed by atoms with E-state index in [1.54, 1.807) is 0 Å². The summed E-state index contributed by atoms with van der Waals surface area (Å²) in [5.41, 5.74) is 5.44. The van der Waals surface area contributed by atoms with Gasteiger partial charge in [0.25, 0.3) is 0 Å². The quantitative estimate of drug-likeness (QED) is 0.350. The lowest BCUT2D eigenvalue weighted by Crippen LogP contribution is -2.49. The van der Waals surface area contributed by atoms with Crippen LogP contribution in [0.15, 0.2) is 30.3 Å². The molecule has 0 saturated heterocycles. The number of nitrogens with zero attached hydrogens (tertiary/aromatic N) is 3. The maximum atomic E-state index is 13.5. The predicted octanol–water partition coefficient (Wildman–Crippen LogP) is 1.10. The van der Waals surface area contributed by atoms with Crippen LogP contribution in [0, 0.1) is 5.82 Å². The number of hydrogen-bond donors (Lipinski definition) is 3. The molecule has 0 aliphatic rings. The van der Waals surface area contributed by atoms with E-state index >= 15 is 0 Å². The molecule has 0 aliphatic carbocycles. The van der Waals surface area contributed by atoms with E-state index < -0.39 is 40.4 Å². The molecule has 0 aliphatic heterocycles. The molecule has 1 aromatic heterocycles. The summed E-state index contributed by atoms with van der Waals surface area (Å²) in [7, 11) is -2.34. The smallest absolute Gasteiger partial charge is 0.239 e. The second-order valence-corrected chi connectivity index (χ2v) is 11.2. The standard InChI is InChI=1S/C22H28FN3O6S.C4H11N/c1-13(2)20-18(10-9-16(27)11-17(28)12-19(29)30)21(14-5-7-15(23)8-6-14)25-22(24-20)26(3)33(4,31)32;1-2-3-4-5/h5-10,13,16-17,27-28H,11-12H2,1-4H3,(H,29,30);2-5H2,1H3/b10-9+;/t16-,17-;/m1./s1. The van der Waals surface area contributed by atoms with Crippen LogP contribution in [0.25, 0.3) is 17.3 Å². The van der Waals surface area contributed by atoms with Crippen LogP contribution >= 0.6 is 0 Å². The number of halogens is 1. The average Bonchev–Trinajstić information content (AvgIpc) is 2.82. The highest BCUT2D eigenvalue weighted by atomic mass is 32.2. The molecule has 5 N–H and O–H groups in total. The summed E-state index contributed by atoms with van der Waals surface area (Å²) in [5, 5.41) is 30.6. The summed E-state index contributed by atoms with van der Waals surface area (Å²) in [6.07, 6.45) is 3.14. The van der Waals surface area contributed by atoms with Gasteiger partial charge in [0.1, 0.15) is 5.82 Å². The van der Waals surface area contributed by atoms with Crippen molar-refractivity contribution in [3.8, 4) is 11.3 Å². The Morgan fingerprint density at radius 2 is 1.82 bits per heavy atom. The van der Waals surface area contributed by atoms with E-state index in [1.807, 2.05) is 13.8 Å². The van der Waals surface area contributed by atoms with Crippen molar-refractivity contribution in [2.24, 2.45) is 0 Å². The number of carbonyl (C=O) groups excluding carboxylic acids is 1. The van der Waals surface area contributed by atoms with Crippen LogP contribution in [0.1, 0.15) is 63.6 Å². The van der Waals surface area contributed by atoms with E-state index in [1.165, 1.54) is 56.3 Å². The molecule has 0 unspecified atom stereocenters. The molecule has 0 saturated carbocycles.